The second-order valence-electron chi connectivity index (χ2n) is 10.8. The highest BCUT2D eigenvalue weighted by Gasteiger charge is 2.32. The van der Waals surface area contributed by atoms with Crippen LogP contribution in [-0.2, 0) is 12.8 Å². The van der Waals surface area contributed by atoms with Crippen LogP contribution in [0.3, 0.4) is 0 Å². The predicted octanol–water partition coefficient (Wildman–Crippen LogP) is 1.57. The summed E-state index contributed by atoms with van der Waals surface area (Å²) in [7, 11) is 4.18. The number of hydrogen-bond donors (Lipinski definition) is 4. The SMILES string of the molecule is CN1CCN(C(=O)c2cc3c([nH]2)CCC(F)C3=O)CC1.CN1CCNCC1.O=C(O)c1cc2c([nH]1)CCC(F)C2=O. The Labute approximate surface area is 237 Å². The van der Waals surface area contributed by atoms with E-state index in [1.54, 1.807) is 4.90 Å². The third kappa shape index (κ3) is 7.46. The lowest BCUT2D eigenvalue weighted by Gasteiger charge is -2.32. The van der Waals surface area contributed by atoms with E-state index >= 15 is 0 Å². The molecule has 0 spiro atoms. The van der Waals surface area contributed by atoms with E-state index in [4.69, 9.17) is 5.11 Å². The molecule has 2 aromatic rings. The topological polar surface area (TPSA) is 142 Å². The molecule has 2 saturated heterocycles. The number of H-pyrrole nitrogens is 2. The molecular weight excluding hydrogens is 538 g/mol. The van der Waals surface area contributed by atoms with Crippen LogP contribution in [-0.4, -0.2) is 132 Å². The molecule has 6 rings (SSSR count). The van der Waals surface area contributed by atoms with Crippen molar-refractivity contribution in [3.05, 3.63) is 46.0 Å². The van der Waals surface area contributed by atoms with Gasteiger partial charge < -0.3 is 35.1 Å². The number of amides is 1. The molecule has 224 valence electrons. The molecular formula is C28H38F2N6O5. The maximum Gasteiger partial charge on any atom is 0.352 e. The minimum atomic E-state index is -1.49. The van der Waals surface area contributed by atoms with Crippen molar-refractivity contribution in [1.82, 2.24) is 30.0 Å². The quantitative estimate of drug-likeness (QED) is 0.422. The van der Waals surface area contributed by atoms with Crippen LogP contribution in [0.2, 0.25) is 0 Å². The van der Waals surface area contributed by atoms with Crippen molar-refractivity contribution < 1.29 is 33.1 Å². The van der Waals surface area contributed by atoms with Gasteiger partial charge in [0.05, 0.1) is 0 Å². The summed E-state index contributed by atoms with van der Waals surface area (Å²) in [6.07, 6.45) is -1.71. The van der Waals surface area contributed by atoms with Crippen molar-refractivity contribution in [2.75, 3.05) is 66.5 Å². The second kappa shape index (κ2) is 13.5. The lowest BCUT2D eigenvalue weighted by molar-refractivity contribution is 0.0656. The zero-order chi connectivity index (χ0) is 29.7. The first-order valence-corrected chi connectivity index (χ1v) is 14.0. The molecule has 0 saturated carbocycles. The van der Waals surface area contributed by atoms with Crippen molar-refractivity contribution in [2.45, 2.75) is 38.0 Å². The number of rotatable bonds is 2. The average molecular weight is 577 g/mol. The lowest BCUT2D eigenvalue weighted by Crippen LogP contribution is -2.47. The van der Waals surface area contributed by atoms with Crippen LogP contribution in [0, 0.1) is 0 Å². The highest BCUT2D eigenvalue weighted by molar-refractivity contribution is 6.04. The van der Waals surface area contributed by atoms with E-state index in [9.17, 15) is 28.0 Å². The molecule has 2 fully saturated rings. The molecule has 4 heterocycles. The van der Waals surface area contributed by atoms with E-state index in [2.05, 4.69) is 32.1 Å². The zero-order valence-corrected chi connectivity index (χ0v) is 23.5. The number of alkyl halides is 2. The molecule has 2 aromatic heterocycles. The number of nitrogens with zero attached hydrogens (tertiary/aromatic N) is 3. The van der Waals surface area contributed by atoms with E-state index in [0.29, 0.717) is 48.6 Å². The Kier molecular flexibility index (Phi) is 10.1. The molecule has 4 N–H and O–H groups in total. The van der Waals surface area contributed by atoms with Gasteiger partial charge in [-0.2, -0.15) is 0 Å². The molecule has 2 aliphatic heterocycles. The lowest BCUT2D eigenvalue weighted by atomic mass is 9.95. The summed E-state index contributed by atoms with van der Waals surface area (Å²) in [5, 5.41) is 11.9. The highest BCUT2D eigenvalue weighted by atomic mass is 19.1. The Morgan fingerprint density at radius 2 is 1.24 bits per heavy atom. The van der Waals surface area contributed by atoms with E-state index < -0.39 is 29.9 Å². The van der Waals surface area contributed by atoms with Crippen LogP contribution in [0.1, 0.15) is 65.9 Å². The van der Waals surface area contributed by atoms with Gasteiger partial charge in [0, 0.05) is 74.9 Å². The number of fused-ring (bicyclic) bond motifs is 2. The average Bonchev–Trinajstić information content (AvgIpc) is 3.60. The standard InChI is InChI=1S/C14H18FN3O2.C9H8FNO3.C5H12N2/c1-17-4-6-18(7-5-17)14(20)12-8-9-11(16-12)3-2-10(15)13(9)19;10-5-1-2-6-4(8(5)12)3-7(11-6)9(13)14;1-7-4-2-6-3-5-7/h8,10,16H,2-7H2,1H3;3,5,11H,1-2H2,(H,13,14);6H,2-5H2,1H3. The number of ketones is 2. The minimum absolute atomic E-state index is 0.0579. The first-order valence-electron chi connectivity index (χ1n) is 14.0. The highest BCUT2D eigenvalue weighted by Crippen LogP contribution is 2.25. The van der Waals surface area contributed by atoms with Gasteiger partial charge in [-0.3, -0.25) is 14.4 Å². The number of Topliss-reactive ketones (excluding diaryl/α,β-unsaturated/α-hetero) is 2. The van der Waals surface area contributed by atoms with E-state index in [1.165, 1.54) is 25.2 Å². The number of hydrogen-bond acceptors (Lipinski definition) is 7. The van der Waals surface area contributed by atoms with Crippen LogP contribution in [0.25, 0.3) is 0 Å². The first kappa shape index (κ1) is 30.5. The van der Waals surface area contributed by atoms with Gasteiger partial charge in [-0.1, -0.05) is 0 Å². The summed E-state index contributed by atoms with van der Waals surface area (Å²) in [6, 6.07) is 2.72. The number of aromatic carboxylic acids is 1. The minimum Gasteiger partial charge on any atom is -0.477 e. The van der Waals surface area contributed by atoms with Crippen molar-refractivity contribution in [1.29, 1.82) is 0 Å². The van der Waals surface area contributed by atoms with Crippen LogP contribution in [0.4, 0.5) is 8.78 Å². The van der Waals surface area contributed by atoms with Crippen LogP contribution in [0.15, 0.2) is 12.1 Å². The number of carboxylic acid groups (broad SMARTS) is 1. The van der Waals surface area contributed by atoms with Gasteiger partial charge in [0.2, 0.25) is 0 Å². The molecule has 2 unspecified atom stereocenters. The Morgan fingerprint density at radius 1 is 0.780 bits per heavy atom. The van der Waals surface area contributed by atoms with Crippen molar-refractivity contribution in [3.63, 3.8) is 0 Å². The van der Waals surface area contributed by atoms with Crippen LogP contribution in [0.5, 0.6) is 0 Å². The molecule has 1 amide bonds. The molecule has 13 heteroatoms. The Morgan fingerprint density at radius 3 is 1.71 bits per heavy atom. The molecule has 41 heavy (non-hydrogen) atoms. The van der Waals surface area contributed by atoms with Gasteiger partial charge in [-0.05, 0) is 51.9 Å². The number of aromatic amines is 2. The van der Waals surface area contributed by atoms with Gasteiger partial charge >= 0.3 is 5.97 Å². The number of piperazine rings is 2. The Bertz CT molecular complexity index is 1260. The van der Waals surface area contributed by atoms with Gasteiger partial charge in [-0.15, -0.1) is 0 Å². The van der Waals surface area contributed by atoms with Crippen LogP contribution < -0.4 is 5.32 Å². The second-order valence-corrected chi connectivity index (χ2v) is 10.8. The van der Waals surface area contributed by atoms with Gasteiger partial charge in [0.25, 0.3) is 5.91 Å². The summed E-state index contributed by atoms with van der Waals surface area (Å²) in [5.41, 5.74) is 2.10. The number of aromatic nitrogens is 2. The largest absolute Gasteiger partial charge is 0.477 e. The molecule has 2 aliphatic carbocycles. The zero-order valence-electron chi connectivity index (χ0n) is 23.5. The molecule has 0 radical (unpaired) electrons. The first-order chi connectivity index (χ1) is 19.5. The summed E-state index contributed by atoms with van der Waals surface area (Å²) in [6.45, 7) is 7.79. The number of nitrogens with one attached hydrogen (secondary N) is 3. The number of halogens is 2. The smallest absolute Gasteiger partial charge is 0.352 e. The fourth-order valence-corrected chi connectivity index (χ4v) is 5.16. The van der Waals surface area contributed by atoms with Gasteiger partial charge in [0.15, 0.2) is 23.9 Å². The maximum absolute atomic E-state index is 13.4. The van der Waals surface area contributed by atoms with E-state index in [1.807, 2.05) is 7.05 Å². The third-order valence-electron chi connectivity index (χ3n) is 7.79. The third-order valence-corrected chi connectivity index (χ3v) is 7.79. The number of carboxylic acids is 1. The monoisotopic (exact) mass is 576 g/mol. The van der Waals surface area contributed by atoms with Crippen molar-refractivity contribution in [3.8, 4) is 0 Å². The van der Waals surface area contributed by atoms with E-state index in [-0.39, 0.29) is 30.0 Å². The van der Waals surface area contributed by atoms with Gasteiger partial charge in [0.1, 0.15) is 11.4 Å². The summed E-state index contributed by atoms with van der Waals surface area (Å²) in [5.74, 6) is -2.35. The van der Waals surface area contributed by atoms with Gasteiger partial charge in [-0.25, -0.2) is 13.6 Å². The fraction of sp³-hybridized carbons (Fsp3) is 0.571. The number of likely N-dealkylation sites (N-methyl/N-ethyl adjacent to an activating group) is 2. The molecule has 2 atom stereocenters. The van der Waals surface area contributed by atoms with Crippen molar-refractivity contribution >= 4 is 23.4 Å². The normalized spacial score (nSPS) is 23.0. The predicted molar refractivity (Wildman–Crippen MR) is 147 cm³/mol. The van der Waals surface area contributed by atoms with E-state index in [0.717, 1.165) is 26.2 Å². The Balaban J connectivity index is 0.000000159. The summed E-state index contributed by atoms with van der Waals surface area (Å²) >= 11 is 0. The van der Waals surface area contributed by atoms with Crippen LogP contribution >= 0.6 is 0 Å². The molecule has 4 aliphatic rings. The fourth-order valence-electron chi connectivity index (χ4n) is 5.16. The summed E-state index contributed by atoms with van der Waals surface area (Å²) < 4.78 is 26.4. The number of carbonyl (C=O) groups is 4. The maximum atomic E-state index is 13.4. The molecule has 11 nitrogen and oxygen atoms in total. The summed E-state index contributed by atoms with van der Waals surface area (Å²) in [4.78, 5) is 57.8. The van der Waals surface area contributed by atoms with Crippen molar-refractivity contribution in [2.24, 2.45) is 0 Å². The Hall–Kier alpha value is -3.42. The molecule has 0 aromatic carbocycles. The number of aryl methyl sites for hydroxylation is 2. The molecule has 0 bridgehead atoms. The number of carbonyl (C=O) groups excluding carboxylic acids is 3.